The number of rotatable bonds is 0. The van der Waals surface area contributed by atoms with E-state index in [0.717, 1.165) is 45.1 Å². The smallest absolute Gasteiger partial charge is 0.130 e. The molecule has 0 fully saturated rings. The number of hydrogen-bond acceptors (Lipinski definition) is 5. The van der Waals surface area contributed by atoms with Gasteiger partial charge in [-0.15, -0.1) is 0 Å². The summed E-state index contributed by atoms with van der Waals surface area (Å²) in [7, 11) is 0. The molecule has 6 aromatic rings. The highest BCUT2D eigenvalue weighted by molar-refractivity contribution is 5.81. The van der Waals surface area contributed by atoms with Crippen molar-refractivity contribution in [2.75, 3.05) is 0 Å². The van der Waals surface area contributed by atoms with E-state index in [4.69, 9.17) is 14.5 Å². The number of nitrogens with zero attached hydrogens (tertiary/aromatic N) is 3. The molecule has 4 aliphatic rings. The highest BCUT2D eigenvalue weighted by Crippen LogP contribution is 2.26. The molecule has 0 atom stereocenters. The lowest BCUT2D eigenvalue weighted by atomic mass is 9.99. The third-order valence-electron chi connectivity index (χ3n) is 7.84. The quantitative estimate of drug-likeness (QED) is 0.175. The van der Waals surface area contributed by atoms with Crippen molar-refractivity contribution in [1.82, 2.24) is 4.98 Å². The molecule has 0 N–H and O–H groups in total. The predicted molar refractivity (Wildman–Crippen MR) is 186 cm³/mol. The van der Waals surface area contributed by atoms with Gasteiger partial charge in [-0.1, -0.05) is 103 Å². The second-order valence-corrected chi connectivity index (χ2v) is 11.3. The Kier molecular flexibility index (Phi) is 8.72. The highest BCUT2D eigenvalue weighted by Gasteiger charge is 2.05. The van der Waals surface area contributed by atoms with Crippen LogP contribution in [0.2, 0.25) is 0 Å². The topological polar surface area (TPSA) is 56.1 Å². The average molecular weight is 600 g/mol. The van der Waals surface area contributed by atoms with E-state index in [2.05, 4.69) is 82.8 Å². The highest BCUT2D eigenvalue weighted by atomic mass is 16.5. The van der Waals surface area contributed by atoms with Gasteiger partial charge >= 0.3 is 0 Å². The van der Waals surface area contributed by atoms with Gasteiger partial charge in [0, 0.05) is 12.4 Å². The van der Waals surface area contributed by atoms with Crippen LogP contribution in [0.5, 0.6) is 11.5 Å². The number of aromatic nitrogens is 1. The molecule has 4 aliphatic heterocycles. The van der Waals surface area contributed by atoms with E-state index in [1.807, 2.05) is 79.2 Å². The number of aliphatic imine (C=N–C) groups is 2. The Morgan fingerprint density at radius 3 is 1.24 bits per heavy atom. The van der Waals surface area contributed by atoms with Gasteiger partial charge in [0.1, 0.15) is 24.7 Å². The van der Waals surface area contributed by atoms with Crippen LogP contribution in [0.15, 0.2) is 150 Å². The summed E-state index contributed by atoms with van der Waals surface area (Å²) in [6.45, 7) is 1.93. The Bertz CT molecular complexity index is 1840. The zero-order valence-electron chi connectivity index (χ0n) is 25.4. The predicted octanol–water partition coefficient (Wildman–Crippen LogP) is 9.13. The summed E-state index contributed by atoms with van der Waals surface area (Å²) >= 11 is 0. The molecule has 12 bridgehead atoms. The van der Waals surface area contributed by atoms with Crippen LogP contribution < -0.4 is 9.47 Å². The molecule has 46 heavy (non-hydrogen) atoms. The Labute approximate surface area is 269 Å². The summed E-state index contributed by atoms with van der Waals surface area (Å²) in [5.74, 6) is 1.54. The van der Waals surface area contributed by atoms with Gasteiger partial charge in [0.05, 0.1) is 24.5 Å². The molecule has 0 spiro atoms. The molecule has 0 saturated heterocycles. The fourth-order valence-electron chi connectivity index (χ4n) is 5.35. The minimum Gasteiger partial charge on any atom is -0.487 e. The van der Waals surface area contributed by atoms with E-state index >= 15 is 0 Å². The first-order valence-electron chi connectivity index (χ1n) is 15.4. The zero-order valence-corrected chi connectivity index (χ0v) is 25.4. The molecule has 0 amide bonds. The van der Waals surface area contributed by atoms with Gasteiger partial charge in [0.2, 0.25) is 0 Å². The lowest BCUT2D eigenvalue weighted by Gasteiger charge is -2.09. The monoisotopic (exact) mass is 599 g/mol. The Hall–Kier alpha value is -5.81. The van der Waals surface area contributed by atoms with Gasteiger partial charge in [0.15, 0.2) is 0 Å². The summed E-state index contributed by atoms with van der Waals surface area (Å²) in [6, 6.07) is 47.8. The summed E-state index contributed by atoms with van der Waals surface area (Å²) < 4.78 is 12.2. The second-order valence-electron chi connectivity index (χ2n) is 11.3. The zero-order chi connectivity index (χ0) is 31.0. The van der Waals surface area contributed by atoms with Crippen molar-refractivity contribution >= 4 is 12.4 Å². The number of hydrogen-bond donors (Lipinski definition) is 0. The maximum atomic E-state index is 6.08. The van der Waals surface area contributed by atoms with Crippen LogP contribution in [-0.2, 0) is 26.3 Å². The fourth-order valence-corrected chi connectivity index (χ4v) is 5.35. The van der Waals surface area contributed by atoms with Gasteiger partial charge in [-0.3, -0.25) is 15.0 Å². The summed E-state index contributed by atoms with van der Waals surface area (Å²) in [6.07, 6.45) is 3.79. The van der Waals surface area contributed by atoms with Gasteiger partial charge in [-0.25, -0.2) is 0 Å². The molecular weight excluding hydrogens is 566 g/mol. The van der Waals surface area contributed by atoms with Crippen molar-refractivity contribution in [2.45, 2.75) is 26.3 Å². The van der Waals surface area contributed by atoms with E-state index in [1.165, 1.54) is 22.3 Å². The number of ether oxygens (including phenoxy) is 2. The Morgan fingerprint density at radius 1 is 0.413 bits per heavy atom. The molecule has 5 heteroatoms. The van der Waals surface area contributed by atoms with E-state index < -0.39 is 0 Å². The SMILES string of the molecule is C1=NCc2ccc(cc2)-c2ccc(cc2)-c2ccc(cc2)CN=Cc2cccc(c2)OCc2cccc(n2)COc2cccc1c2. The van der Waals surface area contributed by atoms with E-state index in [9.17, 15) is 0 Å². The molecule has 5 aromatic carbocycles. The minimum absolute atomic E-state index is 0.359. The van der Waals surface area contributed by atoms with Crippen molar-refractivity contribution in [3.8, 4) is 33.8 Å². The van der Waals surface area contributed by atoms with Crippen molar-refractivity contribution in [3.05, 3.63) is 173 Å². The third-order valence-corrected chi connectivity index (χ3v) is 7.84. The van der Waals surface area contributed by atoms with Crippen molar-refractivity contribution in [3.63, 3.8) is 0 Å². The molecule has 5 nitrogen and oxygen atoms in total. The summed E-state index contributed by atoms with van der Waals surface area (Å²) in [5, 5.41) is 0. The normalized spacial score (nSPS) is 13.0. The van der Waals surface area contributed by atoms with Crippen LogP contribution in [0.1, 0.15) is 33.6 Å². The largest absolute Gasteiger partial charge is 0.487 e. The van der Waals surface area contributed by atoms with Gasteiger partial charge in [-0.2, -0.15) is 0 Å². The van der Waals surface area contributed by atoms with Gasteiger partial charge < -0.3 is 9.47 Å². The van der Waals surface area contributed by atoms with Crippen molar-refractivity contribution < 1.29 is 9.47 Å². The Balaban J connectivity index is 1.13. The summed E-state index contributed by atoms with van der Waals surface area (Å²) in [4.78, 5) is 14.1. The fraction of sp³-hybridized carbons (Fsp3) is 0.0976. The van der Waals surface area contributed by atoms with Crippen LogP contribution in [0.4, 0.5) is 0 Å². The van der Waals surface area contributed by atoms with Crippen LogP contribution in [0.3, 0.4) is 0 Å². The molecule has 224 valence electrons. The molecule has 10 rings (SSSR count). The maximum absolute atomic E-state index is 6.08. The molecule has 0 unspecified atom stereocenters. The molecule has 0 saturated carbocycles. The standard InChI is InChI=1S/C41H33N3O2/c1-4-32-22-40(8-1)45-28-38-6-3-7-39(44-38)29-46-41-9-2-5-33(23-41)27-43-25-31-12-16-35(17-13-31)37-20-18-36(19-21-37)34-14-10-30(11-15-34)24-42-26-32/h1-23,26-27H,24-25,28-29H2. The second kappa shape index (κ2) is 13.9. The van der Waals surface area contributed by atoms with Gasteiger partial charge in [-0.05, 0) is 80.9 Å². The molecule has 5 heterocycles. The first-order chi connectivity index (χ1) is 22.7. The van der Waals surface area contributed by atoms with Crippen LogP contribution in [0.25, 0.3) is 22.3 Å². The third kappa shape index (κ3) is 7.45. The lowest BCUT2D eigenvalue weighted by Crippen LogP contribution is -2.03. The maximum Gasteiger partial charge on any atom is 0.130 e. The molecule has 0 radical (unpaired) electrons. The number of fused-ring (bicyclic) bond motifs is 3. The van der Waals surface area contributed by atoms with E-state index in [1.54, 1.807) is 0 Å². The number of pyridine rings is 1. The molecule has 1 aromatic heterocycles. The first-order valence-corrected chi connectivity index (χ1v) is 15.4. The van der Waals surface area contributed by atoms with Crippen molar-refractivity contribution in [1.29, 1.82) is 0 Å². The first kappa shape index (κ1) is 28.9. The van der Waals surface area contributed by atoms with Crippen LogP contribution in [-0.4, -0.2) is 17.4 Å². The average Bonchev–Trinajstić information content (AvgIpc) is 3.11. The summed E-state index contributed by atoms with van der Waals surface area (Å²) in [5.41, 5.74) is 10.7. The lowest BCUT2D eigenvalue weighted by molar-refractivity contribution is 0.290. The minimum atomic E-state index is 0.359. The molecule has 0 aliphatic carbocycles. The Morgan fingerprint density at radius 2 is 0.804 bits per heavy atom. The van der Waals surface area contributed by atoms with Crippen molar-refractivity contribution in [2.24, 2.45) is 9.98 Å². The van der Waals surface area contributed by atoms with E-state index in [-0.39, 0.29) is 0 Å². The van der Waals surface area contributed by atoms with E-state index in [0.29, 0.717) is 26.3 Å². The number of benzene rings is 5. The molecular formula is C41H33N3O2. The van der Waals surface area contributed by atoms with Crippen LogP contribution >= 0.6 is 0 Å². The van der Waals surface area contributed by atoms with Gasteiger partial charge in [0.25, 0.3) is 0 Å². The van der Waals surface area contributed by atoms with Crippen LogP contribution in [0, 0.1) is 0 Å².